The van der Waals surface area contributed by atoms with Crippen LogP contribution in [0.4, 0.5) is 0 Å². The maximum absolute atomic E-state index is 8.75. The molecular weight excluding hydrogens is 168 g/mol. The van der Waals surface area contributed by atoms with Gasteiger partial charge in [-0.05, 0) is 18.8 Å². The van der Waals surface area contributed by atoms with Gasteiger partial charge in [0.2, 0.25) is 0 Å². The van der Waals surface area contributed by atoms with Crippen LogP contribution in [-0.2, 0) is 4.74 Å². The number of nitrogens with one attached hydrogen (secondary N) is 1. The summed E-state index contributed by atoms with van der Waals surface area (Å²) in [5.74, 6) is 0.629. The highest BCUT2D eigenvalue weighted by molar-refractivity contribution is 5.01. The van der Waals surface area contributed by atoms with Gasteiger partial charge < -0.3 is 20.9 Å². The first-order chi connectivity index (χ1) is 6.29. The molecule has 0 amide bonds. The lowest BCUT2D eigenvalue weighted by atomic mass is 9.94. The molecule has 1 aliphatic carbocycles. The van der Waals surface area contributed by atoms with E-state index in [0.717, 1.165) is 0 Å². The summed E-state index contributed by atoms with van der Waals surface area (Å²) in [6, 6.07) is 0. The lowest BCUT2D eigenvalue weighted by Gasteiger charge is -2.33. The fraction of sp³-hybridized carbons (Fsp3) is 1.00. The van der Waals surface area contributed by atoms with Crippen molar-refractivity contribution in [3.8, 4) is 0 Å². The largest absolute Gasteiger partial charge is 0.395 e. The van der Waals surface area contributed by atoms with E-state index >= 15 is 0 Å². The number of nitrogens with two attached hydrogens (primary N) is 1. The maximum Gasteiger partial charge on any atom is 0.0659 e. The van der Waals surface area contributed by atoms with Crippen molar-refractivity contribution in [2.24, 2.45) is 11.7 Å². The summed E-state index contributed by atoms with van der Waals surface area (Å²) < 4.78 is 5.17. The summed E-state index contributed by atoms with van der Waals surface area (Å²) in [4.78, 5) is 0. The Bertz CT molecular complexity index is 151. The molecule has 0 radical (unpaired) electrons. The lowest BCUT2D eigenvalue weighted by Crippen LogP contribution is -2.57. The predicted molar refractivity (Wildman–Crippen MR) is 51.5 cm³/mol. The number of ether oxygens (including phenoxy) is 1. The molecule has 1 aliphatic rings. The van der Waals surface area contributed by atoms with Gasteiger partial charge in [0.05, 0.1) is 18.8 Å². The zero-order valence-corrected chi connectivity index (χ0v) is 8.25. The highest BCUT2D eigenvalue weighted by atomic mass is 16.5. The normalized spacial score (nSPS) is 21.5. The maximum atomic E-state index is 8.75. The second-order valence-electron chi connectivity index (χ2n) is 3.72. The summed E-state index contributed by atoms with van der Waals surface area (Å²) in [5, 5.41) is 12.0. The molecule has 1 saturated carbocycles. The van der Waals surface area contributed by atoms with Gasteiger partial charge in [-0.2, -0.15) is 0 Å². The molecule has 4 heteroatoms. The molecule has 0 aromatic rings. The predicted octanol–water partition coefficient (Wildman–Crippen LogP) is -0.678. The van der Waals surface area contributed by atoms with Crippen LogP contribution in [0.2, 0.25) is 0 Å². The third-order valence-electron chi connectivity index (χ3n) is 2.71. The SMILES string of the molecule is COCC(CN)(NCCO)C1CC1. The molecule has 1 fully saturated rings. The average molecular weight is 188 g/mol. The van der Waals surface area contributed by atoms with Crippen LogP contribution in [0.1, 0.15) is 12.8 Å². The van der Waals surface area contributed by atoms with E-state index in [4.69, 9.17) is 15.6 Å². The zero-order chi connectivity index (χ0) is 9.73. The Morgan fingerprint density at radius 1 is 1.62 bits per heavy atom. The van der Waals surface area contributed by atoms with Crippen LogP contribution in [0.25, 0.3) is 0 Å². The number of hydrogen-bond acceptors (Lipinski definition) is 4. The number of aliphatic hydroxyl groups excluding tert-OH is 1. The van der Waals surface area contributed by atoms with Crippen molar-refractivity contribution in [3.63, 3.8) is 0 Å². The molecule has 0 aromatic heterocycles. The van der Waals surface area contributed by atoms with Crippen molar-refractivity contribution in [2.45, 2.75) is 18.4 Å². The first-order valence-electron chi connectivity index (χ1n) is 4.84. The minimum Gasteiger partial charge on any atom is -0.395 e. The highest BCUT2D eigenvalue weighted by Gasteiger charge is 2.43. The van der Waals surface area contributed by atoms with Crippen LogP contribution >= 0.6 is 0 Å². The summed E-state index contributed by atoms with van der Waals surface area (Å²) in [7, 11) is 1.69. The Labute approximate surface area is 79.5 Å². The average Bonchev–Trinajstić information content (AvgIpc) is 2.96. The Morgan fingerprint density at radius 2 is 2.31 bits per heavy atom. The standard InChI is InChI=1S/C9H20N2O2/c1-13-7-9(6-10,8-2-3-8)11-4-5-12/h8,11-12H,2-7,10H2,1H3. The number of hydrogen-bond donors (Lipinski definition) is 3. The Hall–Kier alpha value is -0.160. The van der Waals surface area contributed by atoms with E-state index in [9.17, 15) is 0 Å². The molecule has 0 bridgehead atoms. The van der Waals surface area contributed by atoms with Gasteiger partial charge in [-0.25, -0.2) is 0 Å². The van der Waals surface area contributed by atoms with Gasteiger partial charge in [-0.15, -0.1) is 0 Å². The molecule has 4 nitrogen and oxygen atoms in total. The van der Waals surface area contributed by atoms with E-state index in [-0.39, 0.29) is 12.1 Å². The van der Waals surface area contributed by atoms with Crippen molar-refractivity contribution in [2.75, 3.05) is 33.4 Å². The van der Waals surface area contributed by atoms with Gasteiger partial charge in [0.25, 0.3) is 0 Å². The van der Waals surface area contributed by atoms with E-state index in [1.54, 1.807) is 7.11 Å². The summed E-state index contributed by atoms with van der Waals surface area (Å²) in [5.41, 5.74) is 5.65. The fourth-order valence-corrected chi connectivity index (χ4v) is 1.81. The number of aliphatic hydroxyl groups is 1. The Morgan fingerprint density at radius 3 is 2.69 bits per heavy atom. The Balaban J connectivity index is 2.47. The van der Waals surface area contributed by atoms with Gasteiger partial charge in [0, 0.05) is 20.2 Å². The Kier molecular flexibility index (Phi) is 4.12. The quantitative estimate of drug-likeness (QED) is 0.495. The van der Waals surface area contributed by atoms with Crippen molar-refractivity contribution in [3.05, 3.63) is 0 Å². The molecular formula is C9H20N2O2. The molecule has 4 N–H and O–H groups in total. The lowest BCUT2D eigenvalue weighted by molar-refractivity contribution is 0.0944. The molecule has 13 heavy (non-hydrogen) atoms. The summed E-state index contributed by atoms with van der Waals surface area (Å²) >= 11 is 0. The van der Waals surface area contributed by atoms with Gasteiger partial charge in [-0.1, -0.05) is 0 Å². The van der Waals surface area contributed by atoms with Crippen molar-refractivity contribution in [1.82, 2.24) is 5.32 Å². The van der Waals surface area contributed by atoms with Gasteiger partial charge >= 0.3 is 0 Å². The second kappa shape index (κ2) is 4.91. The first-order valence-corrected chi connectivity index (χ1v) is 4.84. The molecule has 0 aliphatic heterocycles. The van der Waals surface area contributed by atoms with Gasteiger partial charge in [0.1, 0.15) is 0 Å². The van der Waals surface area contributed by atoms with Crippen LogP contribution in [0, 0.1) is 5.92 Å². The van der Waals surface area contributed by atoms with E-state index in [2.05, 4.69) is 5.32 Å². The molecule has 1 atom stereocenters. The van der Waals surface area contributed by atoms with Crippen molar-refractivity contribution >= 4 is 0 Å². The minimum absolute atomic E-state index is 0.0997. The zero-order valence-electron chi connectivity index (χ0n) is 8.25. The van der Waals surface area contributed by atoms with Gasteiger partial charge in [0.15, 0.2) is 0 Å². The molecule has 0 heterocycles. The van der Waals surface area contributed by atoms with Gasteiger partial charge in [-0.3, -0.25) is 0 Å². The third-order valence-corrected chi connectivity index (χ3v) is 2.71. The van der Waals surface area contributed by atoms with Crippen LogP contribution < -0.4 is 11.1 Å². The molecule has 0 aromatic carbocycles. The van der Waals surface area contributed by atoms with Crippen molar-refractivity contribution in [1.29, 1.82) is 0 Å². The molecule has 1 rings (SSSR count). The topological polar surface area (TPSA) is 67.5 Å². The van der Waals surface area contributed by atoms with Crippen molar-refractivity contribution < 1.29 is 9.84 Å². The monoisotopic (exact) mass is 188 g/mol. The summed E-state index contributed by atoms with van der Waals surface area (Å²) in [6.07, 6.45) is 2.44. The molecule has 78 valence electrons. The van der Waals surface area contributed by atoms with Crippen LogP contribution in [0.3, 0.4) is 0 Å². The molecule has 1 unspecified atom stereocenters. The van der Waals surface area contributed by atoms with E-state index < -0.39 is 0 Å². The third kappa shape index (κ3) is 2.64. The number of β-amino-alcohol motifs (C(OH)–C–C–N with tert-alkyl or cyclic N) is 1. The van der Waals surface area contributed by atoms with Crippen LogP contribution in [0.5, 0.6) is 0 Å². The number of methoxy groups -OCH3 is 1. The minimum atomic E-state index is -0.0997. The van der Waals surface area contributed by atoms with Crippen LogP contribution in [-0.4, -0.2) is 44.1 Å². The second-order valence-corrected chi connectivity index (χ2v) is 3.72. The smallest absolute Gasteiger partial charge is 0.0659 e. The summed E-state index contributed by atoms with van der Waals surface area (Å²) in [6.45, 7) is 1.95. The van der Waals surface area contributed by atoms with E-state index in [0.29, 0.717) is 25.6 Å². The highest BCUT2D eigenvalue weighted by Crippen LogP contribution is 2.39. The van der Waals surface area contributed by atoms with E-state index in [1.807, 2.05) is 0 Å². The number of rotatable bonds is 7. The molecule has 0 spiro atoms. The van der Waals surface area contributed by atoms with E-state index in [1.165, 1.54) is 12.8 Å². The van der Waals surface area contributed by atoms with Crippen LogP contribution in [0.15, 0.2) is 0 Å². The first kappa shape index (κ1) is 10.9. The fourth-order valence-electron chi connectivity index (χ4n) is 1.81. The molecule has 0 saturated heterocycles.